The fourth-order valence-corrected chi connectivity index (χ4v) is 3.60. The molecule has 0 amide bonds. The topological polar surface area (TPSA) is 111 Å². The number of nitrogens with one attached hydrogen (secondary N) is 1. The maximum atomic E-state index is 10.5. The molecule has 0 unspecified atom stereocenters. The number of hydrogen-bond acceptors (Lipinski definition) is 8. The normalized spacial score (nSPS) is 14.0. The van der Waals surface area contributed by atoms with E-state index >= 15 is 0 Å². The molecule has 1 atom stereocenters. The number of nitriles is 1. The number of rotatable bonds is 5. The third kappa shape index (κ3) is 4.07. The second kappa shape index (κ2) is 8.43. The summed E-state index contributed by atoms with van der Waals surface area (Å²) >= 11 is 0. The predicted molar refractivity (Wildman–Crippen MR) is 113 cm³/mol. The van der Waals surface area contributed by atoms with Gasteiger partial charge in [-0.1, -0.05) is 6.07 Å². The van der Waals surface area contributed by atoms with Gasteiger partial charge < -0.3 is 15.3 Å². The van der Waals surface area contributed by atoms with Gasteiger partial charge >= 0.3 is 0 Å². The van der Waals surface area contributed by atoms with Crippen molar-refractivity contribution in [1.82, 2.24) is 19.9 Å². The molecule has 8 nitrogen and oxygen atoms in total. The van der Waals surface area contributed by atoms with E-state index in [0.717, 1.165) is 35.5 Å². The number of aliphatic hydroxyl groups is 1. The molecular weight excluding hydrogens is 378 g/mol. The van der Waals surface area contributed by atoms with Gasteiger partial charge in [0.2, 0.25) is 0 Å². The minimum absolute atomic E-state index is 0.282. The summed E-state index contributed by atoms with van der Waals surface area (Å²) in [5, 5.41) is 23.3. The van der Waals surface area contributed by atoms with Crippen LogP contribution in [0.3, 0.4) is 0 Å². The van der Waals surface area contributed by atoms with Gasteiger partial charge in [-0.25, -0.2) is 19.9 Å². The highest BCUT2D eigenvalue weighted by molar-refractivity contribution is 5.62. The molecule has 0 radical (unpaired) electrons. The van der Waals surface area contributed by atoms with E-state index in [1.807, 2.05) is 25.1 Å². The van der Waals surface area contributed by atoms with Crippen molar-refractivity contribution < 1.29 is 5.11 Å². The molecule has 8 heteroatoms. The first-order chi connectivity index (χ1) is 14.5. The van der Waals surface area contributed by atoms with Crippen molar-refractivity contribution in [1.29, 1.82) is 5.26 Å². The van der Waals surface area contributed by atoms with Gasteiger partial charge in [-0.05, 0) is 31.5 Å². The summed E-state index contributed by atoms with van der Waals surface area (Å²) in [5.41, 5.74) is 5.27. The van der Waals surface area contributed by atoms with E-state index < -0.39 is 6.10 Å². The highest BCUT2D eigenvalue weighted by atomic mass is 16.3. The van der Waals surface area contributed by atoms with Crippen LogP contribution in [0.2, 0.25) is 0 Å². The zero-order chi connectivity index (χ0) is 21.1. The zero-order valence-corrected chi connectivity index (χ0v) is 17.0. The van der Waals surface area contributed by atoms with Crippen molar-refractivity contribution in [3.05, 3.63) is 70.7 Å². The van der Waals surface area contributed by atoms with Crippen LogP contribution in [-0.2, 0) is 13.0 Å². The Hall–Kier alpha value is -3.57. The van der Waals surface area contributed by atoms with Gasteiger partial charge in [-0.2, -0.15) is 5.26 Å². The molecule has 30 heavy (non-hydrogen) atoms. The number of aryl methyl sites for hydroxylation is 2. The number of benzene rings is 1. The quantitative estimate of drug-likeness (QED) is 0.671. The number of aromatic nitrogens is 4. The Bertz CT molecular complexity index is 1090. The maximum absolute atomic E-state index is 10.5. The number of anilines is 2. The van der Waals surface area contributed by atoms with Crippen molar-refractivity contribution in [3.63, 3.8) is 0 Å². The summed E-state index contributed by atoms with van der Waals surface area (Å²) in [5.74, 6) is 1.36. The van der Waals surface area contributed by atoms with Gasteiger partial charge in [0.25, 0.3) is 0 Å². The molecule has 0 bridgehead atoms. The van der Waals surface area contributed by atoms with Crippen LogP contribution in [-0.4, -0.2) is 38.1 Å². The number of fused-ring (bicyclic) bond motifs is 1. The minimum atomic E-state index is -0.752. The van der Waals surface area contributed by atoms with Crippen LogP contribution >= 0.6 is 0 Å². The van der Waals surface area contributed by atoms with E-state index in [-0.39, 0.29) is 6.54 Å². The molecule has 3 aromatic rings. The fourth-order valence-electron chi connectivity index (χ4n) is 3.60. The van der Waals surface area contributed by atoms with Crippen molar-refractivity contribution in [2.24, 2.45) is 0 Å². The summed E-state index contributed by atoms with van der Waals surface area (Å²) in [6.45, 7) is 5.45. The first kappa shape index (κ1) is 19.7. The summed E-state index contributed by atoms with van der Waals surface area (Å²) in [7, 11) is 0. The van der Waals surface area contributed by atoms with Crippen LogP contribution < -0.4 is 10.2 Å². The monoisotopic (exact) mass is 401 g/mol. The number of hydrogen-bond donors (Lipinski definition) is 2. The van der Waals surface area contributed by atoms with E-state index in [4.69, 9.17) is 0 Å². The lowest BCUT2D eigenvalue weighted by Crippen LogP contribution is -2.32. The highest BCUT2D eigenvalue weighted by Crippen LogP contribution is 2.29. The van der Waals surface area contributed by atoms with Crippen LogP contribution in [0.4, 0.5) is 11.5 Å². The first-order valence-corrected chi connectivity index (χ1v) is 9.84. The van der Waals surface area contributed by atoms with Crippen LogP contribution in [0, 0.1) is 25.2 Å². The molecule has 4 rings (SSSR count). The van der Waals surface area contributed by atoms with Crippen molar-refractivity contribution >= 4 is 11.5 Å². The van der Waals surface area contributed by atoms with Crippen LogP contribution in [0.1, 0.15) is 39.9 Å². The molecule has 1 aromatic carbocycles. The second-order valence-corrected chi connectivity index (χ2v) is 7.41. The Morgan fingerprint density at radius 2 is 2.00 bits per heavy atom. The molecule has 2 N–H and O–H groups in total. The lowest BCUT2D eigenvalue weighted by Gasteiger charge is -2.31. The molecular formula is C22H23N7O. The van der Waals surface area contributed by atoms with Gasteiger partial charge in [-0.15, -0.1) is 0 Å². The standard InChI is InChI=1S/C22H23N7O/c1-14-3-4-20(16(7-14)8-23)29-6-5-19-18(12-29)22(28-13-27-19)26-11-21(30)17-9-24-15(2)25-10-17/h3-4,7,9-10,13,21,30H,5-6,11-12H2,1-2H3,(H,26,27,28)/t21-/m1/s1. The van der Waals surface area contributed by atoms with Crippen molar-refractivity contribution in [3.8, 4) is 6.07 Å². The van der Waals surface area contributed by atoms with Crippen LogP contribution in [0.25, 0.3) is 0 Å². The molecule has 152 valence electrons. The molecule has 0 fully saturated rings. The van der Waals surface area contributed by atoms with E-state index in [2.05, 4.69) is 36.2 Å². The molecule has 0 spiro atoms. The molecule has 3 heterocycles. The lowest BCUT2D eigenvalue weighted by atomic mass is 10.0. The van der Waals surface area contributed by atoms with Crippen LogP contribution in [0.15, 0.2) is 36.9 Å². The highest BCUT2D eigenvalue weighted by Gasteiger charge is 2.23. The minimum Gasteiger partial charge on any atom is -0.386 e. The van der Waals surface area contributed by atoms with Crippen molar-refractivity contribution in [2.75, 3.05) is 23.3 Å². The Morgan fingerprint density at radius 1 is 1.20 bits per heavy atom. The van der Waals surface area contributed by atoms with Gasteiger partial charge in [-0.3, -0.25) is 0 Å². The van der Waals surface area contributed by atoms with E-state index in [1.165, 1.54) is 0 Å². The van der Waals surface area contributed by atoms with E-state index in [1.54, 1.807) is 25.6 Å². The van der Waals surface area contributed by atoms with Gasteiger partial charge in [0.1, 0.15) is 24.0 Å². The number of nitrogens with zero attached hydrogens (tertiary/aromatic N) is 6. The summed E-state index contributed by atoms with van der Waals surface area (Å²) in [4.78, 5) is 19.3. The van der Waals surface area contributed by atoms with Crippen molar-refractivity contribution in [2.45, 2.75) is 32.9 Å². The second-order valence-electron chi connectivity index (χ2n) is 7.41. The van der Waals surface area contributed by atoms with E-state index in [9.17, 15) is 10.4 Å². The third-order valence-electron chi connectivity index (χ3n) is 5.26. The SMILES string of the molecule is Cc1ccc(N2CCc3ncnc(NC[C@@H](O)c4cnc(C)nc4)c3C2)c(C#N)c1. The molecule has 0 aliphatic carbocycles. The Morgan fingerprint density at radius 3 is 2.77 bits per heavy atom. The average molecular weight is 401 g/mol. The molecule has 0 saturated heterocycles. The summed E-state index contributed by atoms with van der Waals surface area (Å²) < 4.78 is 0. The smallest absolute Gasteiger partial charge is 0.134 e. The third-order valence-corrected chi connectivity index (χ3v) is 5.26. The molecule has 1 aliphatic rings. The maximum Gasteiger partial charge on any atom is 0.134 e. The Balaban J connectivity index is 1.53. The predicted octanol–water partition coefficient (Wildman–Crippen LogP) is 2.46. The van der Waals surface area contributed by atoms with E-state index in [0.29, 0.717) is 29.3 Å². The van der Waals surface area contributed by atoms with Gasteiger partial charge in [0, 0.05) is 49.6 Å². The van der Waals surface area contributed by atoms with Gasteiger partial charge in [0.05, 0.1) is 23.0 Å². The molecule has 2 aromatic heterocycles. The Labute approximate surface area is 175 Å². The zero-order valence-electron chi connectivity index (χ0n) is 17.0. The fraction of sp³-hybridized carbons (Fsp3) is 0.318. The lowest BCUT2D eigenvalue weighted by molar-refractivity contribution is 0.190. The molecule has 1 aliphatic heterocycles. The average Bonchev–Trinajstić information content (AvgIpc) is 2.77. The molecule has 0 saturated carbocycles. The number of aliphatic hydroxyl groups excluding tert-OH is 1. The summed E-state index contributed by atoms with van der Waals surface area (Å²) in [6, 6.07) is 8.23. The first-order valence-electron chi connectivity index (χ1n) is 9.84. The van der Waals surface area contributed by atoms with Gasteiger partial charge in [0.15, 0.2) is 0 Å². The summed E-state index contributed by atoms with van der Waals surface area (Å²) in [6.07, 6.45) is 4.82. The Kier molecular flexibility index (Phi) is 5.55. The van der Waals surface area contributed by atoms with Crippen LogP contribution in [0.5, 0.6) is 0 Å². The largest absolute Gasteiger partial charge is 0.386 e.